The van der Waals surface area contributed by atoms with Crippen molar-refractivity contribution in [3.05, 3.63) is 18.0 Å². The number of nitrogens with two attached hydrogens (primary N) is 1. The van der Waals surface area contributed by atoms with Gasteiger partial charge in [0.05, 0.1) is 5.92 Å². The summed E-state index contributed by atoms with van der Waals surface area (Å²) in [4.78, 5) is 10.1. The van der Waals surface area contributed by atoms with Gasteiger partial charge in [0.2, 0.25) is 5.95 Å². The third kappa shape index (κ3) is 3.31. The molecule has 1 saturated heterocycles. The van der Waals surface area contributed by atoms with Crippen LogP contribution >= 0.6 is 12.2 Å². The molecule has 1 aliphatic rings. The van der Waals surface area contributed by atoms with Crippen LogP contribution in [0, 0.1) is 5.92 Å². The molecule has 19 heavy (non-hydrogen) atoms. The zero-order chi connectivity index (χ0) is 14.0. The Hall–Kier alpha value is -1.44. The standard InChI is InChI=1S/C11H13F3N4S/c12-11(13,14)7-2-5-18(6-3-7)10-16-4-1-8(17-10)9(15)19/h1,4,7H,2-3,5-6H2,(H2,15,19). The molecule has 0 amide bonds. The Morgan fingerprint density at radius 2 is 2.00 bits per heavy atom. The van der Waals surface area contributed by atoms with Crippen molar-refractivity contribution in [3.63, 3.8) is 0 Å². The Morgan fingerprint density at radius 3 is 2.53 bits per heavy atom. The molecule has 2 N–H and O–H groups in total. The Kier molecular flexibility index (Phi) is 3.88. The second-order valence-corrected chi connectivity index (χ2v) is 4.85. The summed E-state index contributed by atoms with van der Waals surface area (Å²) < 4.78 is 37.7. The van der Waals surface area contributed by atoms with Crippen molar-refractivity contribution in [2.75, 3.05) is 18.0 Å². The number of hydrogen-bond donors (Lipinski definition) is 1. The van der Waals surface area contributed by atoms with Gasteiger partial charge in [0.1, 0.15) is 10.7 Å². The van der Waals surface area contributed by atoms with E-state index >= 15 is 0 Å². The molecular formula is C11H13F3N4S. The number of nitrogens with zero attached hydrogens (tertiary/aromatic N) is 3. The van der Waals surface area contributed by atoms with Crippen LogP contribution in [0.5, 0.6) is 0 Å². The lowest BCUT2D eigenvalue weighted by Gasteiger charge is -2.32. The van der Waals surface area contributed by atoms with E-state index in [9.17, 15) is 13.2 Å². The fourth-order valence-corrected chi connectivity index (χ4v) is 2.16. The van der Waals surface area contributed by atoms with Gasteiger partial charge in [0, 0.05) is 19.3 Å². The predicted molar refractivity (Wildman–Crippen MR) is 68.9 cm³/mol. The average molecular weight is 290 g/mol. The maximum atomic E-state index is 12.6. The Balaban J connectivity index is 2.05. The highest BCUT2D eigenvalue weighted by atomic mass is 32.1. The van der Waals surface area contributed by atoms with Gasteiger partial charge in [-0.05, 0) is 18.9 Å². The fourth-order valence-electron chi connectivity index (χ4n) is 2.04. The minimum atomic E-state index is -4.12. The molecule has 1 fully saturated rings. The summed E-state index contributed by atoms with van der Waals surface area (Å²) in [7, 11) is 0. The monoisotopic (exact) mass is 290 g/mol. The molecule has 8 heteroatoms. The summed E-state index contributed by atoms with van der Waals surface area (Å²) in [5, 5.41) is 0. The molecule has 0 atom stereocenters. The summed E-state index contributed by atoms with van der Waals surface area (Å²) in [6, 6.07) is 1.58. The highest BCUT2D eigenvalue weighted by molar-refractivity contribution is 7.80. The topological polar surface area (TPSA) is 55.0 Å². The molecule has 1 aliphatic heterocycles. The normalized spacial score (nSPS) is 17.5. The first kappa shape index (κ1) is 14.0. The zero-order valence-electron chi connectivity index (χ0n) is 10.0. The molecule has 4 nitrogen and oxygen atoms in total. The van der Waals surface area contributed by atoms with Crippen LogP contribution in [0.15, 0.2) is 12.3 Å². The van der Waals surface area contributed by atoms with Crippen LogP contribution < -0.4 is 10.6 Å². The van der Waals surface area contributed by atoms with Crippen molar-refractivity contribution >= 4 is 23.2 Å². The maximum Gasteiger partial charge on any atom is 0.391 e. The number of aromatic nitrogens is 2. The van der Waals surface area contributed by atoms with E-state index in [0.717, 1.165) is 0 Å². The summed E-state index contributed by atoms with van der Waals surface area (Å²) in [5.74, 6) is -0.853. The molecule has 0 radical (unpaired) electrons. The number of alkyl halides is 3. The minimum Gasteiger partial charge on any atom is -0.388 e. The molecule has 2 heterocycles. The van der Waals surface area contributed by atoms with Crippen LogP contribution in [0.4, 0.5) is 19.1 Å². The van der Waals surface area contributed by atoms with Crippen LogP contribution in [-0.4, -0.2) is 34.2 Å². The van der Waals surface area contributed by atoms with Crippen molar-refractivity contribution < 1.29 is 13.2 Å². The van der Waals surface area contributed by atoms with E-state index < -0.39 is 12.1 Å². The second kappa shape index (κ2) is 5.28. The molecule has 0 aliphatic carbocycles. The lowest BCUT2D eigenvalue weighted by molar-refractivity contribution is -0.179. The molecule has 0 bridgehead atoms. The summed E-state index contributed by atoms with van der Waals surface area (Å²) in [6.07, 6.45) is -2.49. The second-order valence-electron chi connectivity index (χ2n) is 4.41. The van der Waals surface area contributed by atoms with Gasteiger partial charge in [0.15, 0.2) is 0 Å². The quantitative estimate of drug-likeness (QED) is 0.843. The van der Waals surface area contributed by atoms with Gasteiger partial charge < -0.3 is 10.6 Å². The first-order valence-corrected chi connectivity index (χ1v) is 6.23. The molecule has 2 rings (SSSR count). The van der Waals surface area contributed by atoms with Gasteiger partial charge in [-0.1, -0.05) is 12.2 Å². The number of thiocarbonyl (C=S) groups is 1. The van der Waals surface area contributed by atoms with E-state index in [1.807, 2.05) is 0 Å². The smallest absolute Gasteiger partial charge is 0.388 e. The number of anilines is 1. The molecule has 0 saturated carbocycles. The van der Waals surface area contributed by atoms with E-state index in [1.165, 1.54) is 6.20 Å². The molecule has 1 aromatic heterocycles. The van der Waals surface area contributed by atoms with E-state index in [-0.39, 0.29) is 30.9 Å². The fraction of sp³-hybridized carbons (Fsp3) is 0.545. The van der Waals surface area contributed by atoms with E-state index in [0.29, 0.717) is 11.6 Å². The number of halogens is 3. The van der Waals surface area contributed by atoms with Crippen LogP contribution in [0.2, 0.25) is 0 Å². The Labute approximate surface area is 113 Å². The lowest BCUT2D eigenvalue weighted by Crippen LogP contribution is -2.39. The van der Waals surface area contributed by atoms with Crippen LogP contribution in [0.1, 0.15) is 18.5 Å². The van der Waals surface area contributed by atoms with Crippen molar-refractivity contribution in [2.45, 2.75) is 19.0 Å². The lowest BCUT2D eigenvalue weighted by atomic mass is 9.96. The van der Waals surface area contributed by atoms with Gasteiger partial charge in [-0.15, -0.1) is 0 Å². The minimum absolute atomic E-state index is 0.0597. The van der Waals surface area contributed by atoms with E-state index in [2.05, 4.69) is 9.97 Å². The first-order valence-electron chi connectivity index (χ1n) is 5.82. The molecular weight excluding hydrogens is 277 g/mol. The number of hydrogen-bond acceptors (Lipinski definition) is 4. The SMILES string of the molecule is NC(=S)c1ccnc(N2CCC(C(F)(F)F)CC2)n1. The van der Waals surface area contributed by atoms with Gasteiger partial charge in [-0.25, -0.2) is 9.97 Å². The van der Waals surface area contributed by atoms with E-state index in [1.54, 1.807) is 11.0 Å². The molecule has 1 aromatic rings. The van der Waals surface area contributed by atoms with Crippen molar-refractivity contribution in [1.82, 2.24) is 9.97 Å². The maximum absolute atomic E-state index is 12.6. The number of rotatable bonds is 2. The Morgan fingerprint density at radius 1 is 1.37 bits per heavy atom. The van der Waals surface area contributed by atoms with Crippen molar-refractivity contribution in [1.29, 1.82) is 0 Å². The zero-order valence-corrected chi connectivity index (χ0v) is 10.8. The molecule has 0 aromatic carbocycles. The molecule has 0 spiro atoms. The summed E-state index contributed by atoms with van der Waals surface area (Å²) in [6.45, 7) is 0.565. The van der Waals surface area contributed by atoms with Gasteiger partial charge in [0.25, 0.3) is 0 Å². The van der Waals surface area contributed by atoms with Crippen LogP contribution in [0.3, 0.4) is 0 Å². The third-order valence-corrected chi connectivity index (χ3v) is 3.35. The van der Waals surface area contributed by atoms with Crippen molar-refractivity contribution in [3.8, 4) is 0 Å². The summed E-state index contributed by atoms with van der Waals surface area (Å²) >= 11 is 4.81. The average Bonchev–Trinajstić information content (AvgIpc) is 2.38. The van der Waals surface area contributed by atoms with Crippen LogP contribution in [0.25, 0.3) is 0 Å². The highest BCUT2D eigenvalue weighted by Crippen LogP contribution is 2.34. The predicted octanol–water partition coefficient (Wildman–Crippen LogP) is 1.89. The van der Waals surface area contributed by atoms with E-state index in [4.69, 9.17) is 18.0 Å². The van der Waals surface area contributed by atoms with Gasteiger partial charge in [-0.3, -0.25) is 0 Å². The molecule has 104 valence electrons. The molecule has 0 unspecified atom stereocenters. The van der Waals surface area contributed by atoms with Crippen molar-refractivity contribution in [2.24, 2.45) is 11.7 Å². The number of piperidine rings is 1. The Bertz CT molecular complexity index is 469. The first-order chi connectivity index (χ1) is 8.88. The summed E-state index contributed by atoms with van der Waals surface area (Å²) in [5.41, 5.74) is 5.89. The third-order valence-electron chi connectivity index (χ3n) is 3.14. The van der Waals surface area contributed by atoms with Crippen LogP contribution in [-0.2, 0) is 0 Å². The highest BCUT2D eigenvalue weighted by Gasteiger charge is 2.41. The van der Waals surface area contributed by atoms with Gasteiger partial charge in [-0.2, -0.15) is 13.2 Å². The largest absolute Gasteiger partial charge is 0.391 e. The van der Waals surface area contributed by atoms with Gasteiger partial charge >= 0.3 is 6.18 Å².